The van der Waals surface area contributed by atoms with Gasteiger partial charge in [-0.25, -0.2) is 13.2 Å². The molecule has 3 aromatic rings. The number of carbonyl (C=O) groups excluding carboxylic acids is 1. The highest BCUT2D eigenvalue weighted by Crippen LogP contribution is 2.24. The van der Waals surface area contributed by atoms with Gasteiger partial charge in [0.05, 0.1) is 10.6 Å². The molecule has 2 aromatic carbocycles. The number of rotatable bonds is 6. The van der Waals surface area contributed by atoms with Crippen LogP contribution in [0.2, 0.25) is 0 Å². The van der Waals surface area contributed by atoms with Crippen molar-refractivity contribution >= 4 is 22.9 Å². The van der Waals surface area contributed by atoms with Crippen molar-refractivity contribution in [3.8, 4) is 0 Å². The zero-order chi connectivity index (χ0) is 20.3. The molecule has 3 N–H and O–H groups in total. The van der Waals surface area contributed by atoms with Gasteiger partial charge in [-0.2, -0.15) is 0 Å². The second kappa shape index (κ2) is 8.58. The molecule has 7 heteroatoms. The number of benzene rings is 2. The number of amides is 1. The number of nitrogens with one attached hydrogen (secondary N) is 1. The fourth-order valence-corrected chi connectivity index (χ4v) is 3.69. The number of aryl methyl sites for hydroxylation is 1. The summed E-state index contributed by atoms with van der Waals surface area (Å²) in [7, 11) is 0. The number of halogens is 3. The molecular weight excluding hydrogens is 385 g/mol. The zero-order valence-corrected chi connectivity index (χ0v) is 16.2. The zero-order valence-electron chi connectivity index (χ0n) is 15.4. The van der Waals surface area contributed by atoms with Crippen molar-refractivity contribution in [1.29, 1.82) is 0 Å². The van der Waals surface area contributed by atoms with E-state index in [9.17, 15) is 18.0 Å². The van der Waals surface area contributed by atoms with Crippen LogP contribution in [0.3, 0.4) is 0 Å². The molecule has 0 radical (unpaired) electrons. The number of anilines is 1. The first kappa shape index (κ1) is 20.1. The molecule has 0 spiro atoms. The maximum Gasteiger partial charge on any atom is 0.282 e. The Balaban J connectivity index is 1.78. The summed E-state index contributed by atoms with van der Waals surface area (Å²) in [4.78, 5) is 13.6. The van der Waals surface area contributed by atoms with E-state index in [0.29, 0.717) is 0 Å². The van der Waals surface area contributed by atoms with Crippen molar-refractivity contribution in [2.75, 3.05) is 5.32 Å². The summed E-state index contributed by atoms with van der Waals surface area (Å²) in [5.74, 6) is -4.81. The van der Waals surface area contributed by atoms with Crippen LogP contribution in [0.15, 0.2) is 53.9 Å². The van der Waals surface area contributed by atoms with Gasteiger partial charge in [0.25, 0.3) is 5.91 Å². The Morgan fingerprint density at radius 1 is 1.04 bits per heavy atom. The number of hydrogen-bond acceptors (Lipinski definition) is 2. The predicted molar refractivity (Wildman–Crippen MR) is 104 cm³/mol. The molecule has 146 valence electrons. The van der Waals surface area contributed by atoms with Crippen LogP contribution in [0.25, 0.3) is 0 Å². The molecule has 1 aromatic heterocycles. The van der Waals surface area contributed by atoms with Crippen molar-refractivity contribution in [1.82, 2.24) is 0 Å². The van der Waals surface area contributed by atoms with E-state index in [1.54, 1.807) is 18.3 Å². The first-order valence-electron chi connectivity index (χ1n) is 8.76. The van der Waals surface area contributed by atoms with Crippen molar-refractivity contribution in [3.63, 3.8) is 0 Å². The van der Waals surface area contributed by atoms with Gasteiger partial charge in [0.1, 0.15) is 6.04 Å². The predicted octanol–water partition coefficient (Wildman–Crippen LogP) is 4.15. The smallest absolute Gasteiger partial charge is 0.282 e. The van der Waals surface area contributed by atoms with Crippen molar-refractivity contribution in [2.24, 2.45) is 0 Å². The second-order valence-electron chi connectivity index (χ2n) is 6.60. The molecule has 0 aliphatic heterocycles. The van der Waals surface area contributed by atoms with Crippen LogP contribution in [-0.2, 0) is 4.79 Å². The lowest BCUT2D eigenvalue weighted by Gasteiger charge is -2.20. The Bertz CT molecular complexity index is 959. The monoisotopic (exact) mass is 405 g/mol. The van der Waals surface area contributed by atoms with Gasteiger partial charge in [0.2, 0.25) is 0 Å². The third-order valence-corrected chi connectivity index (χ3v) is 5.43. The fourth-order valence-electron chi connectivity index (χ4n) is 2.86. The molecule has 0 aliphatic carbocycles. The lowest BCUT2D eigenvalue weighted by atomic mass is 10.0. The van der Waals surface area contributed by atoms with Gasteiger partial charge in [-0.1, -0.05) is 35.9 Å². The lowest BCUT2D eigenvalue weighted by Crippen LogP contribution is -2.92. The fraction of sp³-hybridized carbons (Fsp3) is 0.190. The van der Waals surface area contributed by atoms with E-state index in [2.05, 4.69) is 5.32 Å². The average molecular weight is 405 g/mol. The van der Waals surface area contributed by atoms with Gasteiger partial charge < -0.3 is 10.6 Å². The summed E-state index contributed by atoms with van der Waals surface area (Å²) >= 11 is 1.58. The van der Waals surface area contributed by atoms with Crippen LogP contribution < -0.4 is 10.6 Å². The number of hydrogen-bond donors (Lipinski definition) is 2. The van der Waals surface area contributed by atoms with Gasteiger partial charge in [-0.05, 0) is 37.4 Å². The minimum atomic E-state index is -1.61. The summed E-state index contributed by atoms with van der Waals surface area (Å²) < 4.78 is 40.3. The number of carbonyl (C=O) groups is 1. The maximum atomic E-state index is 13.8. The SMILES string of the molecule is Cc1ccc([C@@H]([NH2+][C@H](C)C(=O)Nc2ccc(F)c(F)c2F)c2cccs2)cc1. The van der Waals surface area contributed by atoms with Crippen LogP contribution in [0.4, 0.5) is 18.9 Å². The van der Waals surface area contributed by atoms with E-state index in [1.165, 1.54) is 0 Å². The molecule has 1 amide bonds. The Kier molecular flexibility index (Phi) is 6.16. The normalized spacial score (nSPS) is 13.2. The molecule has 0 saturated carbocycles. The summed E-state index contributed by atoms with van der Waals surface area (Å²) in [6.45, 7) is 3.68. The summed E-state index contributed by atoms with van der Waals surface area (Å²) in [6.07, 6.45) is 0. The van der Waals surface area contributed by atoms with Crippen LogP contribution in [0.1, 0.15) is 29.0 Å². The highest BCUT2D eigenvalue weighted by atomic mass is 32.1. The third-order valence-electron chi connectivity index (χ3n) is 4.47. The summed E-state index contributed by atoms with van der Waals surface area (Å²) in [6, 6.07) is 13.0. The molecule has 0 unspecified atom stereocenters. The quantitative estimate of drug-likeness (QED) is 0.595. The number of nitrogens with two attached hydrogens (primary N) is 1. The Morgan fingerprint density at radius 2 is 1.75 bits per heavy atom. The minimum absolute atomic E-state index is 0.115. The molecule has 1 heterocycles. The van der Waals surface area contributed by atoms with Gasteiger partial charge in [0, 0.05) is 5.56 Å². The van der Waals surface area contributed by atoms with E-state index in [0.717, 1.165) is 28.1 Å². The van der Waals surface area contributed by atoms with Crippen LogP contribution in [-0.4, -0.2) is 11.9 Å². The number of thiophene rings is 1. The Morgan fingerprint density at radius 3 is 2.39 bits per heavy atom. The molecule has 0 bridgehead atoms. The van der Waals surface area contributed by atoms with Crippen LogP contribution in [0, 0.1) is 24.4 Å². The van der Waals surface area contributed by atoms with Gasteiger partial charge in [-0.15, -0.1) is 11.3 Å². The van der Waals surface area contributed by atoms with Gasteiger partial charge in [-0.3, -0.25) is 4.79 Å². The first-order valence-corrected chi connectivity index (χ1v) is 9.64. The Hall–Kier alpha value is -2.64. The molecule has 2 atom stereocenters. The topological polar surface area (TPSA) is 45.7 Å². The lowest BCUT2D eigenvalue weighted by molar-refractivity contribution is -0.703. The van der Waals surface area contributed by atoms with E-state index < -0.39 is 29.4 Å². The molecular formula is C21H20F3N2OS+. The van der Waals surface area contributed by atoms with Crippen molar-refractivity contribution in [2.45, 2.75) is 25.9 Å². The van der Waals surface area contributed by atoms with Crippen molar-refractivity contribution in [3.05, 3.63) is 87.4 Å². The third kappa shape index (κ3) is 4.43. The molecule has 3 nitrogen and oxygen atoms in total. The standard InChI is InChI=1S/C21H19F3N2OS/c1-12-5-7-14(8-6-12)20(17-4-3-11-28-17)25-13(2)21(27)26-16-10-9-15(22)18(23)19(16)24/h3-11,13,20,25H,1-2H3,(H,26,27)/p+1/t13-,20-/m1/s1. The maximum absolute atomic E-state index is 13.8. The molecule has 0 fully saturated rings. The molecule has 0 saturated heterocycles. The molecule has 3 rings (SSSR count). The van der Waals surface area contributed by atoms with E-state index >= 15 is 0 Å². The van der Waals surface area contributed by atoms with Crippen LogP contribution in [0.5, 0.6) is 0 Å². The van der Waals surface area contributed by atoms with Gasteiger partial charge in [0.15, 0.2) is 23.5 Å². The highest BCUT2D eigenvalue weighted by molar-refractivity contribution is 7.10. The van der Waals surface area contributed by atoms with E-state index in [1.807, 2.05) is 54.0 Å². The van der Waals surface area contributed by atoms with E-state index in [4.69, 9.17) is 0 Å². The van der Waals surface area contributed by atoms with Crippen molar-refractivity contribution < 1.29 is 23.3 Å². The van der Waals surface area contributed by atoms with Crippen LogP contribution >= 0.6 is 11.3 Å². The average Bonchev–Trinajstić information content (AvgIpc) is 3.21. The largest absolute Gasteiger partial charge is 0.326 e. The minimum Gasteiger partial charge on any atom is -0.326 e. The summed E-state index contributed by atoms with van der Waals surface area (Å²) in [5.41, 5.74) is 1.78. The second-order valence-corrected chi connectivity index (χ2v) is 7.58. The Labute approximate surface area is 165 Å². The highest BCUT2D eigenvalue weighted by Gasteiger charge is 2.26. The summed E-state index contributed by atoms with van der Waals surface area (Å²) in [5, 5.41) is 6.17. The first-order chi connectivity index (χ1) is 13.4. The van der Waals surface area contributed by atoms with Gasteiger partial charge >= 0.3 is 0 Å². The molecule has 28 heavy (non-hydrogen) atoms. The molecule has 0 aliphatic rings. The van der Waals surface area contributed by atoms with E-state index in [-0.39, 0.29) is 11.7 Å². The number of quaternary nitrogens is 1.